The van der Waals surface area contributed by atoms with E-state index in [0.29, 0.717) is 22.7 Å². The first-order valence-electron chi connectivity index (χ1n) is 5.28. The second-order valence-corrected chi connectivity index (χ2v) is 3.82. The molecule has 90 valence electrons. The van der Waals surface area contributed by atoms with E-state index >= 15 is 0 Å². The van der Waals surface area contributed by atoms with E-state index < -0.39 is 5.97 Å². The number of para-hydroxylation sites is 1. The second-order valence-electron chi connectivity index (χ2n) is 3.82. The number of aromatic nitrogens is 3. The molecule has 0 amide bonds. The topological polar surface area (TPSA) is 81.2 Å². The maximum absolute atomic E-state index is 11.1. The molecule has 6 nitrogen and oxygen atoms in total. The Hall–Kier alpha value is -2.63. The molecule has 3 rings (SSSR count). The van der Waals surface area contributed by atoms with Crippen LogP contribution in [-0.2, 0) is 7.05 Å². The molecule has 0 saturated carbocycles. The van der Waals surface area contributed by atoms with Crippen LogP contribution in [0.3, 0.4) is 0 Å². The lowest BCUT2D eigenvalue weighted by Crippen LogP contribution is -1.97. The molecule has 0 unspecified atom stereocenters. The number of carboxylic acid groups (broad SMARTS) is 1. The van der Waals surface area contributed by atoms with Crippen LogP contribution in [-0.4, -0.2) is 25.8 Å². The number of carbonyl (C=O) groups is 1. The molecule has 0 aliphatic rings. The lowest BCUT2D eigenvalue weighted by molar-refractivity contribution is 0.0699. The highest BCUT2D eigenvalue weighted by molar-refractivity contribution is 6.00. The van der Waals surface area contributed by atoms with E-state index in [1.165, 1.54) is 6.07 Å². The fraction of sp³-hybridized carbons (Fsp3) is 0.0833. The maximum Gasteiger partial charge on any atom is 0.338 e. The summed E-state index contributed by atoms with van der Waals surface area (Å²) in [5.74, 6) is -0.663. The quantitative estimate of drug-likeness (QED) is 0.743. The Morgan fingerprint density at radius 2 is 2.22 bits per heavy atom. The van der Waals surface area contributed by atoms with Gasteiger partial charge in [0.1, 0.15) is 11.2 Å². The van der Waals surface area contributed by atoms with E-state index in [4.69, 9.17) is 9.52 Å². The van der Waals surface area contributed by atoms with Crippen molar-refractivity contribution in [2.75, 3.05) is 0 Å². The van der Waals surface area contributed by atoms with Gasteiger partial charge < -0.3 is 9.52 Å². The van der Waals surface area contributed by atoms with E-state index in [2.05, 4.69) is 10.1 Å². The molecule has 2 heterocycles. The molecule has 2 aromatic heterocycles. The summed E-state index contributed by atoms with van der Waals surface area (Å²) < 4.78 is 7.17. The Balaban J connectivity index is 2.26. The van der Waals surface area contributed by atoms with Crippen molar-refractivity contribution in [1.29, 1.82) is 0 Å². The molecule has 0 atom stereocenters. The number of nitrogens with zero attached hydrogens (tertiary/aromatic N) is 3. The lowest BCUT2D eigenvalue weighted by Gasteiger charge is -1.93. The van der Waals surface area contributed by atoms with Gasteiger partial charge in [-0.15, -0.1) is 0 Å². The number of benzene rings is 1. The Kier molecular flexibility index (Phi) is 2.16. The number of aryl methyl sites for hydroxylation is 1. The first-order chi connectivity index (χ1) is 8.66. The molecule has 0 fully saturated rings. The van der Waals surface area contributed by atoms with E-state index in [-0.39, 0.29) is 5.56 Å². The summed E-state index contributed by atoms with van der Waals surface area (Å²) in [6.45, 7) is 0. The SMILES string of the molecule is Cn1nccc1-c1nc2c(C(=O)O)cccc2o1. The van der Waals surface area contributed by atoms with Crippen molar-refractivity contribution >= 4 is 17.1 Å². The van der Waals surface area contributed by atoms with Crippen molar-refractivity contribution in [3.8, 4) is 11.6 Å². The van der Waals surface area contributed by atoms with Gasteiger partial charge in [0, 0.05) is 13.2 Å². The summed E-state index contributed by atoms with van der Waals surface area (Å²) in [4.78, 5) is 15.3. The minimum Gasteiger partial charge on any atom is -0.478 e. The van der Waals surface area contributed by atoms with Crippen LogP contribution in [0.15, 0.2) is 34.9 Å². The number of rotatable bonds is 2. The fourth-order valence-electron chi connectivity index (χ4n) is 1.81. The molecule has 3 aromatic rings. The lowest BCUT2D eigenvalue weighted by atomic mass is 10.2. The molecule has 6 heteroatoms. The smallest absolute Gasteiger partial charge is 0.338 e. The van der Waals surface area contributed by atoms with Crippen LogP contribution in [0.25, 0.3) is 22.7 Å². The molecule has 0 spiro atoms. The van der Waals surface area contributed by atoms with Gasteiger partial charge in [0.05, 0.1) is 5.56 Å². The average Bonchev–Trinajstić information content (AvgIpc) is 2.92. The maximum atomic E-state index is 11.1. The van der Waals surface area contributed by atoms with Gasteiger partial charge in [0.25, 0.3) is 0 Å². The van der Waals surface area contributed by atoms with Crippen molar-refractivity contribution in [3.05, 3.63) is 36.0 Å². The Bertz CT molecular complexity index is 742. The van der Waals surface area contributed by atoms with Crippen molar-refractivity contribution in [1.82, 2.24) is 14.8 Å². The highest BCUT2D eigenvalue weighted by Gasteiger charge is 2.16. The van der Waals surface area contributed by atoms with Crippen LogP contribution in [0.1, 0.15) is 10.4 Å². The summed E-state index contributed by atoms with van der Waals surface area (Å²) in [7, 11) is 1.77. The molecule has 1 N–H and O–H groups in total. The first kappa shape index (κ1) is 10.5. The van der Waals surface area contributed by atoms with Crippen LogP contribution in [0.4, 0.5) is 0 Å². The minimum atomic E-state index is -1.02. The van der Waals surface area contributed by atoms with Crippen molar-refractivity contribution in [2.45, 2.75) is 0 Å². The van der Waals surface area contributed by atoms with Gasteiger partial charge in [-0.3, -0.25) is 4.68 Å². The number of fused-ring (bicyclic) bond motifs is 1. The summed E-state index contributed by atoms with van der Waals surface area (Å²) in [5, 5.41) is 13.1. The zero-order valence-corrected chi connectivity index (χ0v) is 9.49. The van der Waals surface area contributed by atoms with Gasteiger partial charge in [-0.1, -0.05) is 6.07 Å². The Morgan fingerprint density at radius 1 is 1.39 bits per heavy atom. The summed E-state index contributed by atoms with van der Waals surface area (Å²) in [6.07, 6.45) is 1.63. The van der Waals surface area contributed by atoms with Crippen molar-refractivity contribution in [2.24, 2.45) is 7.05 Å². The molecule has 1 aromatic carbocycles. The largest absolute Gasteiger partial charge is 0.478 e. The Morgan fingerprint density at radius 3 is 2.89 bits per heavy atom. The molecule has 0 saturated heterocycles. The van der Waals surface area contributed by atoms with E-state index in [1.54, 1.807) is 36.1 Å². The van der Waals surface area contributed by atoms with Gasteiger partial charge in [-0.2, -0.15) is 5.10 Å². The number of hydrogen-bond donors (Lipinski definition) is 1. The first-order valence-corrected chi connectivity index (χ1v) is 5.28. The molecular weight excluding hydrogens is 234 g/mol. The summed E-state index contributed by atoms with van der Waals surface area (Å²) in [6, 6.07) is 6.57. The van der Waals surface area contributed by atoms with E-state index in [9.17, 15) is 4.79 Å². The number of aromatic carboxylic acids is 1. The monoisotopic (exact) mass is 243 g/mol. The minimum absolute atomic E-state index is 0.129. The number of carboxylic acids is 1. The van der Waals surface area contributed by atoms with E-state index in [0.717, 1.165) is 0 Å². The van der Waals surface area contributed by atoms with Crippen LogP contribution >= 0.6 is 0 Å². The standard InChI is InChI=1S/C12H9N3O3/c1-15-8(5-6-13-15)11-14-10-7(12(16)17)3-2-4-9(10)18-11/h2-6H,1H3,(H,16,17). The third-order valence-corrected chi connectivity index (χ3v) is 2.69. The third kappa shape index (κ3) is 1.46. The molecule has 0 aliphatic heterocycles. The predicted molar refractivity (Wildman–Crippen MR) is 63.2 cm³/mol. The fourth-order valence-corrected chi connectivity index (χ4v) is 1.81. The summed E-state index contributed by atoms with van der Waals surface area (Å²) in [5.41, 5.74) is 1.62. The number of hydrogen-bond acceptors (Lipinski definition) is 4. The average molecular weight is 243 g/mol. The van der Waals surface area contributed by atoms with Crippen molar-refractivity contribution < 1.29 is 14.3 Å². The van der Waals surface area contributed by atoms with Crippen LogP contribution in [0.2, 0.25) is 0 Å². The molecule has 0 radical (unpaired) electrons. The molecule has 0 bridgehead atoms. The van der Waals surface area contributed by atoms with Crippen molar-refractivity contribution in [3.63, 3.8) is 0 Å². The Labute approximate surface area is 101 Å². The normalized spacial score (nSPS) is 10.9. The van der Waals surface area contributed by atoms with Crippen LogP contribution in [0, 0.1) is 0 Å². The zero-order valence-electron chi connectivity index (χ0n) is 9.49. The van der Waals surface area contributed by atoms with Crippen LogP contribution < -0.4 is 0 Å². The zero-order chi connectivity index (χ0) is 12.7. The van der Waals surface area contributed by atoms with Gasteiger partial charge >= 0.3 is 5.97 Å². The van der Waals surface area contributed by atoms with Gasteiger partial charge in [0.15, 0.2) is 5.58 Å². The molecule has 18 heavy (non-hydrogen) atoms. The number of oxazole rings is 1. The van der Waals surface area contributed by atoms with Crippen LogP contribution in [0.5, 0.6) is 0 Å². The predicted octanol–water partition coefficient (Wildman–Crippen LogP) is 1.93. The third-order valence-electron chi connectivity index (χ3n) is 2.69. The molecule has 0 aliphatic carbocycles. The van der Waals surface area contributed by atoms with Gasteiger partial charge in [0.2, 0.25) is 5.89 Å². The van der Waals surface area contributed by atoms with Gasteiger partial charge in [-0.25, -0.2) is 9.78 Å². The second kappa shape index (κ2) is 3.69. The summed E-state index contributed by atoms with van der Waals surface area (Å²) >= 11 is 0. The highest BCUT2D eigenvalue weighted by Crippen LogP contribution is 2.25. The van der Waals surface area contributed by atoms with E-state index in [1.807, 2.05) is 0 Å². The highest BCUT2D eigenvalue weighted by atomic mass is 16.4. The van der Waals surface area contributed by atoms with Gasteiger partial charge in [-0.05, 0) is 18.2 Å². The molecular formula is C12H9N3O3.